The first-order valence-electron chi connectivity index (χ1n) is 6.82. The lowest BCUT2D eigenvalue weighted by atomic mass is 10.1. The van der Waals surface area contributed by atoms with Crippen molar-refractivity contribution in [3.8, 4) is 5.75 Å². The topological polar surface area (TPSA) is 61.3 Å². The van der Waals surface area contributed by atoms with Crippen molar-refractivity contribution in [3.05, 3.63) is 28.7 Å². The Morgan fingerprint density at radius 2 is 2.32 bits per heavy atom. The minimum absolute atomic E-state index is 0.133. The average molecular weight is 261 g/mol. The quantitative estimate of drug-likeness (QED) is 0.877. The summed E-state index contributed by atoms with van der Waals surface area (Å²) in [4.78, 5) is 17.2. The van der Waals surface area contributed by atoms with Gasteiger partial charge >= 0.3 is 5.69 Å². The maximum atomic E-state index is 12.0. The van der Waals surface area contributed by atoms with Gasteiger partial charge in [0.15, 0.2) is 0 Å². The molecule has 0 saturated carbocycles. The minimum Gasteiger partial charge on any atom is -0.506 e. The number of H-pyrrole nitrogens is 1. The first-order valence-corrected chi connectivity index (χ1v) is 6.82. The summed E-state index contributed by atoms with van der Waals surface area (Å²) in [6.45, 7) is 6.02. The van der Waals surface area contributed by atoms with Gasteiger partial charge in [-0.3, -0.25) is 4.57 Å². The second kappa shape index (κ2) is 4.74. The number of rotatable bonds is 3. The van der Waals surface area contributed by atoms with E-state index in [9.17, 15) is 9.90 Å². The minimum atomic E-state index is -0.133. The molecule has 2 aromatic rings. The van der Waals surface area contributed by atoms with Crippen LogP contribution >= 0.6 is 0 Å². The van der Waals surface area contributed by atoms with Gasteiger partial charge in [0.1, 0.15) is 11.3 Å². The molecular weight excluding hydrogens is 242 g/mol. The predicted molar refractivity (Wildman–Crippen MR) is 74.4 cm³/mol. The van der Waals surface area contributed by atoms with Gasteiger partial charge in [0.25, 0.3) is 0 Å². The Labute approximate surface area is 111 Å². The van der Waals surface area contributed by atoms with Crippen LogP contribution in [-0.4, -0.2) is 39.2 Å². The van der Waals surface area contributed by atoms with Crippen LogP contribution in [0.15, 0.2) is 23.0 Å². The Bertz CT molecular complexity index is 644. The number of phenolic OH excluding ortho intramolecular Hbond substituents is 1. The molecule has 1 atom stereocenters. The molecule has 102 valence electrons. The molecule has 5 heteroatoms. The van der Waals surface area contributed by atoms with Gasteiger partial charge in [-0.15, -0.1) is 0 Å². The van der Waals surface area contributed by atoms with Crippen molar-refractivity contribution in [2.75, 3.05) is 19.6 Å². The molecule has 0 bridgehead atoms. The van der Waals surface area contributed by atoms with Gasteiger partial charge in [-0.2, -0.15) is 0 Å². The molecule has 0 amide bonds. The SMILES string of the molecule is CCN1CCC(Cn2c(=O)[nH]c3cccc(O)c32)C1. The fourth-order valence-corrected chi connectivity index (χ4v) is 2.98. The number of likely N-dealkylation sites (tertiary alicyclic amines) is 1. The molecule has 0 aliphatic carbocycles. The van der Waals surface area contributed by atoms with Gasteiger partial charge in [0.2, 0.25) is 0 Å². The zero-order chi connectivity index (χ0) is 13.4. The second-order valence-electron chi connectivity index (χ2n) is 5.26. The highest BCUT2D eigenvalue weighted by molar-refractivity contribution is 5.81. The van der Waals surface area contributed by atoms with Gasteiger partial charge in [0.05, 0.1) is 5.52 Å². The molecule has 2 N–H and O–H groups in total. The first kappa shape index (κ1) is 12.3. The summed E-state index contributed by atoms with van der Waals surface area (Å²) in [7, 11) is 0. The van der Waals surface area contributed by atoms with Crippen LogP contribution in [0.4, 0.5) is 0 Å². The molecule has 0 radical (unpaired) electrons. The lowest BCUT2D eigenvalue weighted by Crippen LogP contribution is -2.25. The number of aromatic amines is 1. The largest absolute Gasteiger partial charge is 0.506 e. The highest BCUT2D eigenvalue weighted by Crippen LogP contribution is 2.24. The van der Waals surface area contributed by atoms with Crippen molar-refractivity contribution in [1.82, 2.24) is 14.5 Å². The van der Waals surface area contributed by atoms with E-state index in [1.807, 2.05) is 6.07 Å². The van der Waals surface area contributed by atoms with Crippen LogP contribution in [0.5, 0.6) is 5.75 Å². The smallest absolute Gasteiger partial charge is 0.326 e. The van der Waals surface area contributed by atoms with Crippen LogP contribution in [-0.2, 0) is 6.54 Å². The van der Waals surface area contributed by atoms with Gasteiger partial charge in [0, 0.05) is 13.1 Å². The van der Waals surface area contributed by atoms with Gasteiger partial charge in [-0.25, -0.2) is 4.79 Å². The predicted octanol–water partition coefficient (Wildman–Crippen LogP) is 1.38. The number of fused-ring (bicyclic) bond motifs is 1. The molecule has 1 aliphatic heterocycles. The normalized spacial score (nSPS) is 20.4. The highest BCUT2D eigenvalue weighted by atomic mass is 16.3. The summed E-state index contributed by atoms with van der Waals surface area (Å²) in [6, 6.07) is 5.19. The number of para-hydroxylation sites is 1. The molecule has 19 heavy (non-hydrogen) atoms. The maximum absolute atomic E-state index is 12.0. The van der Waals surface area contributed by atoms with Crippen molar-refractivity contribution in [1.29, 1.82) is 0 Å². The van der Waals surface area contributed by atoms with Crippen LogP contribution in [0, 0.1) is 5.92 Å². The average Bonchev–Trinajstić information content (AvgIpc) is 2.96. The van der Waals surface area contributed by atoms with Crippen LogP contribution in [0.2, 0.25) is 0 Å². The van der Waals surface area contributed by atoms with E-state index in [0.29, 0.717) is 23.5 Å². The van der Waals surface area contributed by atoms with E-state index in [1.54, 1.807) is 16.7 Å². The molecule has 3 rings (SSSR count). The number of phenols is 1. The number of benzene rings is 1. The second-order valence-corrected chi connectivity index (χ2v) is 5.26. The Hall–Kier alpha value is -1.75. The molecule has 1 saturated heterocycles. The van der Waals surface area contributed by atoms with E-state index in [2.05, 4.69) is 16.8 Å². The fourth-order valence-electron chi connectivity index (χ4n) is 2.98. The number of hydrogen-bond donors (Lipinski definition) is 2. The van der Waals surface area contributed by atoms with Crippen molar-refractivity contribution in [2.45, 2.75) is 19.9 Å². The van der Waals surface area contributed by atoms with Crippen molar-refractivity contribution < 1.29 is 5.11 Å². The molecule has 5 nitrogen and oxygen atoms in total. The summed E-state index contributed by atoms with van der Waals surface area (Å²) < 4.78 is 1.68. The number of hydrogen-bond acceptors (Lipinski definition) is 3. The summed E-state index contributed by atoms with van der Waals surface area (Å²) in [5.41, 5.74) is 1.20. The van der Waals surface area contributed by atoms with Crippen LogP contribution in [0.1, 0.15) is 13.3 Å². The molecule has 1 aromatic heterocycles. The van der Waals surface area contributed by atoms with E-state index < -0.39 is 0 Å². The molecule has 2 heterocycles. The van der Waals surface area contributed by atoms with E-state index in [0.717, 1.165) is 26.1 Å². The number of imidazole rings is 1. The summed E-state index contributed by atoms with van der Waals surface area (Å²) >= 11 is 0. The lowest BCUT2D eigenvalue weighted by Gasteiger charge is -2.13. The monoisotopic (exact) mass is 261 g/mol. The van der Waals surface area contributed by atoms with Gasteiger partial charge in [-0.1, -0.05) is 13.0 Å². The van der Waals surface area contributed by atoms with Crippen LogP contribution < -0.4 is 5.69 Å². The number of aromatic nitrogens is 2. The summed E-state index contributed by atoms with van der Waals surface area (Å²) in [5.74, 6) is 0.650. The standard InChI is InChI=1S/C14H19N3O2/c1-2-16-7-6-10(8-16)9-17-13-11(15-14(17)19)4-3-5-12(13)18/h3-5,10,18H,2,6-9H2,1H3,(H,15,19). The van der Waals surface area contributed by atoms with Crippen LogP contribution in [0.25, 0.3) is 11.0 Å². The molecule has 1 aliphatic rings. The van der Waals surface area contributed by atoms with Gasteiger partial charge < -0.3 is 15.0 Å². The Balaban J connectivity index is 1.93. The Morgan fingerprint density at radius 1 is 1.47 bits per heavy atom. The first-order chi connectivity index (χ1) is 9.19. The third-order valence-corrected chi connectivity index (χ3v) is 4.03. The van der Waals surface area contributed by atoms with Crippen molar-refractivity contribution in [3.63, 3.8) is 0 Å². The zero-order valence-corrected chi connectivity index (χ0v) is 11.1. The van der Waals surface area contributed by atoms with E-state index in [4.69, 9.17) is 0 Å². The van der Waals surface area contributed by atoms with Crippen molar-refractivity contribution in [2.24, 2.45) is 5.92 Å². The summed E-state index contributed by atoms with van der Waals surface area (Å²) in [5, 5.41) is 9.95. The van der Waals surface area contributed by atoms with E-state index in [1.165, 1.54) is 0 Å². The number of nitrogens with zero attached hydrogens (tertiary/aromatic N) is 2. The van der Waals surface area contributed by atoms with Crippen LogP contribution in [0.3, 0.4) is 0 Å². The molecule has 1 aromatic carbocycles. The maximum Gasteiger partial charge on any atom is 0.326 e. The van der Waals surface area contributed by atoms with E-state index in [-0.39, 0.29) is 11.4 Å². The lowest BCUT2D eigenvalue weighted by molar-refractivity contribution is 0.332. The fraction of sp³-hybridized carbons (Fsp3) is 0.500. The van der Waals surface area contributed by atoms with Gasteiger partial charge in [-0.05, 0) is 37.6 Å². The third-order valence-electron chi connectivity index (χ3n) is 4.03. The third kappa shape index (κ3) is 2.14. The van der Waals surface area contributed by atoms with Crippen molar-refractivity contribution >= 4 is 11.0 Å². The molecule has 1 unspecified atom stereocenters. The van der Waals surface area contributed by atoms with E-state index >= 15 is 0 Å². The molecular formula is C14H19N3O2. The molecule has 1 fully saturated rings. The summed E-state index contributed by atoms with van der Waals surface area (Å²) in [6.07, 6.45) is 1.11. The number of nitrogens with one attached hydrogen (secondary N) is 1. The Morgan fingerprint density at radius 3 is 3.05 bits per heavy atom. The number of aromatic hydroxyl groups is 1. The highest BCUT2D eigenvalue weighted by Gasteiger charge is 2.23. The molecule has 0 spiro atoms. The Kier molecular flexibility index (Phi) is 3.06. The zero-order valence-electron chi connectivity index (χ0n) is 11.1.